The monoisotopic (exact) mass is 221 g/mol. The van der Waals surface area contributed by atoms with E-state index in [0.717, 1.165) is 24.2 Å². The summed E-state index contributed by atoms with van der Waals surface area (Å²) < 4.78 is 0. The van der Waals surface area contributed by atoms with E-state index in [4.69, 9.17) is 5.84 Å². The lowest BCUT2D eigenvalue weighted by Gasteiger charge is -2.11. The second-order valence-electron chi connectivity index (χ2n) is 4.60. The van der Waals surface area contributed by atoms with E-state index >= 15 is 0 Å². The summed E-state index contributed by atoms with van der Waals surface area (Å²) in [7, 11) is 0. The molecule has 0 saturated heterocycles. The zero-order valence-electron chi connectivity index (χ0n) is 9.61. The maximum Gasteiger partial charge on any atom is 0.145 e. The lowest BCUT2D eigenvalue weighted by molar-refractivity contribution is 0.536. The van der Waals surface area contributed by atoms with Crippen LogP contribution in [0.5, 0.6) is 0 Å². The Kier molecular flexibility index (Phi) is 3.56. The van der Waals surface area contributed by atoms with Crippen LogP contribution in [0.4, 0.5) is 11.6 Å². The number of hydrogen-bond acceptors (Lipinski definition) is 5. The van der Waals surface area contributed by atoms with Crippen LogP contribution in [0, 0.1) is 11.8 Å². The number of rotatable bonds is 4. The van der Waals surface area contributed by atoms with Crippen LogP contribution in [0.15, 0.2) is 12.4 Å². The van der Waals surface area contributed by atoms with Crippen LogP contribution in [-0.4, -0.2) is 16.5 Å². The van der Waals surface area contributed by atoms with Crippen molar-refractivity contribution in [1.29, 1.82) is 0 Å². The predicted molar refractivity (Wildman–Crippen MR) is 64.8 cm³/mol. The maximum atomic E-state index is 5.29. The van der Waals surface area contributed by atoms with E-state index in [1.54, 1.807) is 0 Å². The van der Waals surface area contributed by atoms with Crippen LogP contribution in [0.3, 0.4) is 0 Å². The van der Waals surface area contributed by atoms with Gasteiger partial charge in [-0.25, -0.2) is 15.8 Å². The van der Waals surface area contributed by atoms with Gasteiger partial charge in [-0.15, -0.1) is 0 Å². The van der Waals surface area contributed by atoms with Gasteiger partial charge in [0, 0.05) is 12.6 Å². The molecule has 1 saturated carbocycles. The van der Waals surface area contributed by atoms with E-state index in [0.29, 0.717) is 5.82 Å². The molecule has 0 amide bonds. The third-order valence-corrected chi connectivity index (χ3v) is 3.19. The van der Waals surface area contributed by atoms with E-state index in [1.807, 2.05) is 6.07 Å². The number of nitrogens with zero attached hydrogens (tertiary/aromatic N) is 2. The van der Waals surface area contributed by atoms with Gasteiger partial charge >= 0.3 is 0 Å². The molecule has 0 bridgehead atoms. The molecular weight excluding hydrogens is 202 g/mol. The van der Waals surface area contributed by atoms with Crippen molar-refractivity contribution in [2.24, 2.45) is 17.7 Å². The first-order valence-corrected chi connectivity index (χ1v) is 5.80. The fourth-order valence-corrected chi connectivity index (χ4v) is 2.29. The normalized spacial score (nSPS) is 24.4. The van der Waals surface area contributed by atoms with E-state index in [2.05, 4.69) is 27.6 Å². The molecule has 2 rings (SSSR count). The average molecular weight is 221 g/mol. The number of hydrogen-bond donors (Lipinski definition) is 3. The average Bonchev–Trinajstić information content (AvgIpc) is 2.73. The Morgan fingerprint density at radius 3 is 2.88 bits per heavy atom. The smallest absolute Gasteiger partial charge is 0.145 e. The van der Waals surface area contributed by atoms with Crippen molar-refractivity contribution < 1.29 is 0 Å². The molecule has 0 aliphatic heterocycles. The minimum absolute atomic E-state index is 0.636. The van der Waals surface area contributed by atoms with E-state index < -0.39 is 0 Å². The van der Waals surface area contributed by atoms with Crippen LogP contribution in [0.25, 0.3) is 0 Å². The van der Waals surface area contributed by atoms with Crippen LogP contribution >= 0.6 is 0 Å². The van der Waals surface area contributed by atoms with Gasteiger partial charge in [0.2, 0.25) is 0 Å². The zero-order valence-corrected chi connectivity index (χ0v) is 9.61. The summed E-state index contributed by atoms with van der Waals surface area (Å²) in [6.07, 6.45) is 5.50. The third-order valence-electron chi connectivity index (χ3n) is 3.19. The molecule has 4 N–H and O–H groups in total. The predicted octanol–water partition coefficient (Wildman–Crippen LogP) is 1.61. The van der Waals surface area contributed by atoms with E-state index in [-0.39, 0.29) is 0 Å². The topological polar surface area (TPSA) is 75.9 Å². The molecule has 16 heavy (non-hydrogen) atoms. The summed E-state index contributed by atoms with van der Waals surface area (Å²) in [5, 5.41) is 3.34. The molecule has 0 radical (unpaired) electrons. The van der Waals surface area contributed by atoms with Gasteiger partial charge in [-0.2, -0.15) is 0 Å². The zero-order chi connectivity index (χ0) is 11.4. The molecule has 1 aromatic rings. The molecule has 5 heteroatoms. The number of nitrogens with two attached hydrogens (primary N) is 1. The lowest BCUT2D eigenvalue weighted by Crippen LogP contribution is -2.14. The molecule has 5 nitrogen and oxygen atoms in total. The van der Waals surface area contributed by atoms with Gasteiger partial charge in [0.25, 0.3) is 0 Å². The molecule has 1 aliphatic carbocycles. The van der Waals surface area contributed by atoms with Crippen LogP contribution in [0.2, 0.25) is 0 Å². The third kappa shape index (κ3) is 2.82. The maximum absolute atomic E-state index is 5.29. The molecule has 0 aromatic carbocycles. The summed E-state index contributed by atoms with van der Waals surface area (Å²) in [5.41, 5.74) is 2.51. The highest BCUT2D eigenvalue weighted by Gasteiger charge is 2.20. The highest BCUT2D eigenvalue weighted by molar-refractivity contribution is 5.45. The molecule has 1 heterocycles. The van der Waals surface area contributed by atoms with E-state index in [9.17, 15) is 0 Å². The van der Waals surface area contributed by atoms with Gasteiger partial charge < -0.3 is 10.7 Å². The number of nitrogens with one attached hydrogen (secondary N) is 2. The quantitative estimate of drug-likeness (QED) is 0.532. The molecule has 0 spiro atoms. The van der Waals surface area contributed by atoms with Gasteiger partial charge in [0.1, 0.15) is 18.0 Å². The summed E-state index contributed by atoms with van der Waals surface area (Å²) in [5.74, 6) is 8.41. The largest absolute Gasteiger partial charge is 0.370 e. The highest BCUT2D eigenvalue weighted by atomic mass is 15.3. The standard InChI is InChI=1S/C11H19N5/c1-8-2-3-9(4-8)6-13-10-5-11(16-12)15-7-14-10/h5,7-9H,2-4,6,12H2,1H3,(H2,13,14,15,16). The first kappa shape index (κ1) is 11.1. The molecule has 2 atom stereocenters. The Bertz CT molecular complexity index is 341. The second kappa shape index (κ2) is 5.12. The summed E-state index contributed by atoms with van der Waals surface area (Å²) in [6, 6.07) is 1.82. The molecule has 1 aromatic heterocycles. The minimum atomic E-state index is 0.636. The van der Waals surface area contributed by atoms with Crippen molar-refractivity contribution >= 4 is 11.6 Å². The SMILES string of the molecule is CC1CCC(CNc2cc(NN)ncn2)C1. The second-order valence-corrected chi connectivity index (χ2v) is 4.60. The molecule has 2 unspecified atom stereocenters. The number of anilines is 2. The fourth-order valence-electron chi connectivity index (χ4n) is 2.29. The Balaban J connectivity index is 1.84. The van der Waals surface area contributed by atoms with E-state index in [1.165, 1.54) is 25.6 Å². The van der Waals surface area contributed by atoms with Gasteiger partial charge in [0.15, 0.2) is 0 Å². The van der Waals surface area contributed by atoms with Gasteiger partial charge in [0.05, 0.1) is 0 Å². The Morgan fingerprint density at radius 2 is 2.19 bits per heavy atom. The fraction of sp³-hybridized carbons (Fsp3) is 0.636. The van der Waals surface area contributed by atoms with Crippen molar-refractivity contribution in [2.45, 2.75) is 26.2 Å². The molecule has 1 aliphatic rings. The van der Waals surface area contributed by atoms with Crippen molar-refractivity contribution in [3.8, 4) is 0 Å². The summed E-state index contributed by atoms with van der Waals surface area (Å²) in [4.78, 5) is 8.11. The van der Waals surface area contributed by atoms with Crippen molar-refractivity contribution in [2.75, 3.05) is 17.3 Å². The van der Waals surface area contributed by atoms with Gasteiger partial charge in [-0.3, -0.25) is 0 Å². The number of aromatic nitrogens is 2. The van der Waals surface area contributed by atoms with Gasteiger partial charge in [-0.1, -0.05) is 13.3 Å². The number of hydrazine groups is 1. The van der Waals surface area contributed by atoms with Crippen molar-refractivity contribution in [3.63, 3.8) is 0 Å². The Labute approximate surface area is 95.8 Å². The lowest BCUT2D eigenvalue weighted by atomic mass is 10.1. The first-order valence-electron chi connectivity index (χ1n) is 5.80. The van der Waals surface area contributed by atoms with Crippen LogP contribution in [-0.2, 0) is 0 Å². The molecular formula is C11H19N5. The number of nitrogen functional groups attached to an aromatic ring is 1. The van der Waals surface area contributed by atoms with Crippen molar-refractivity contribution in [1.82, 2.24) is 9.97 Å². The molecule has 1 fully saturated rings. The van der Waals surface area contributed by atoms with Crippen LogP contribution in [0.1, 0.15) is 26.2 Å². The van der Waals surface area contributed by atoms with Crippen molar-refractivity contribution in [3.05, 3.63) is 12.4 Å². The Hall–Kier alpha value is -1.36. The van der Waals surface area contributed by atoms with Gasteiger partial charge in [-0.05, 0) is 24.7 Å². The Morgan fingerprint density at radius 1 is 1.38 bits per heavy atom. The highest BCUT2D eigenvalue weighted by Crippen LogP contribution is 2.30. The summed E-state index contributed by atoms with van der Waals surface area (Å²) in [6.45, 7) is 3.31. The first-order chi connectivity index (χ1) is 7.78. The minimum Gasteiger partial charge on any atom is -0.370 e. The molecule has 88 valence electrons. The summed E-state index contributed by atoms with van der Waals surface area (Å²) >= 11 is 0. The van der Waals surface area contributed by atoms with Crippen LogP contribution < -0.4 is 16.6 Å².